The molecule has 6 nitrogen and oxygen atoms in total. The Kier molecular flexibility index (Phi) is 7.68. The van der Waals surface area contributed by atoms with Crippen LogP contribution in [-0.2, 0) is 14.8 Å². The van der Waals surface area contributed by atoms with Gasteiger partial charge in [0.2, 0.25) is 15.9 Å². The number of piperazine rings is 1. The number of carbonyl (C=O) groups excluding carboxylic acids is 1. The molecule has 2 aliphatic heterocycles. The maximum atomic E-state index is 12.8. The lowest BCUT2D eigenvalue weighted by Gasteiger charge is -2.34. The van der Waals surface area contributed by atoms with E-state index in [9.17, 15) is 13.2 Å². The van der Waals surface area contributed by atoms with Crippen LogP contribution in [-0.4, -0.2) is 62.8 Å². The summed E-state index contributed by atoms with van der Waals surface area (Å²) in [5.41, 5.74) is 2.05. The van der Waals surface area contributed by atoms with E-state index < -0.39 is 10.0 Å². The Morgan fingerprint density at radius 1 is 1.15 bits per heavy atom. The van der Waals surface area contributed by atoms with E-state index in [0.717, 1.165) is 37.1 Å². The van der Waals surface area contributed by atoms with Crippen molar-refractivity contribution < 1.29 is 13.2 Å². The smallest absolute Gasteiger partial charge is 0.243 e. The third-order valence-electron chi connectivity index (χ3n) is 5.64. The fourth-order valence-corrected chi connectivity index (χ4v) is 5.16. The van der Waals surface area contributed by atoms with Gasteiger partial charge in [-0.3, -0.25) is 4.79 Å². The molecule has 152 valence electrons. The van der Waals surface area contributed by atoms with Crippen molar-refractivity contribution in [1.82, 2.24) is 14.5 Å². The Bertz CT molecular complexity index is 755. The van der Waals surface area contributed by atoms with Crippen molar-refractivity contribution in [2.75, 3.05) is 39.3 Å². The quantitative estimate of drug-likeness (QED) is 0.797. The largest absolute Gasteiger partial charge is 0.340 e. The molecule has 0 bridgehead atoms. The molecule has 1 atom stereocenters. The number of nitrogens with one attached hydrogen (secondary N) is 1. The highest BCUT2D eigenvalue weighted by atomic mass is 35.5. The zero-order valence-electron chi connectivity index (χ0n) is 16.1. The molecule has 8 heteroatoms. The first-order valence-corrected chi connectivity index (χ1v) is 10.9. The fourth-order valence-electron chi connectivity index (χ4n) is 3.65. The predicted octanol–water partition coefficient (Wildman–Crippen LogP) is 1.95. The average Bonchev–Trinajstić information content (AvgIpc) is 3.15. The van der Waals surface area contributed by atoms with Gasteiger partial charge in [0.05, 0.1) is 4.90 Å². The fraction of sp³-hybridized carbons (Fsp3) is 0.632. The highest BCUT2D eigenvalue weighted by Gasteiger charge is 2.30. The van der Waals surface area contributed by atoms with E-state index in [1.165, 1.54) is 4.31 Å². The van der Waals surface area contributed by atoms with E-state index in [-0.39, 0.29) is 18.3 Å². The molecule has 1 unspecified atom stereocenters. The first kappa shape index (κ1) is 22.1. The number of carbonyl (C=O) groups is 1. The van der Waals surface area contributed by atoms with Gasteiger partial charge in [0.1, 0.15) is 0 Å². The van der Waals surface area contributed by atoms with Crippen LogP contribution in [0.25, 0.3) is 0 Å². The summed E-state index contributed by atoms with van der Waals surface area (Å²) in [4.78, 5) is 14.6. The van der Waals surface area contributed by atoms with Crippen LogP contribution in [0.15, 0.2) is 23.1 Å². The Balaban J connectivity index is 0.00000261. The molecule has 2 saturated heterocycles. The van der Waals surface area contributed by atoms with Crippen LogP contribution in [0.2, 0.25) is 0 Å². The van der Waals surface area contributed by atoms with Gasteiger partial charge in [0.15, 0.2) is 0 Å². The van der Waals surface area contributed by atoms with Gasteiger partial charge in [0, 0.05) is 32.6 Å². The van der Waals surface area contributed by atoms with Gasteiger partial charge in [-0.25, -0.2) is 8.42 Å². The molecule has 1 N–H and O–H groups in total. The Labute approximate surface area is 168 Å². The topological polar surface area (TPSA) is 69.7 Å². The van der Waals surface area contributed by atoms with Crippen molar-refractivity contribution in [3.05, 3.63) is 29.3 Å². The maximum absolute atomic E-state index is 12.8. The minimum atomic E-state index is -3.49. The van der Waals surface area contributed by atoms with E-state index in [2.05, 4.69) is 5.32 Å². The third kappa shape index (κ3) is 5.22. The lowest BCUT2D eigenvalue weighted by molar-refractivity contribution is -0.132. The highest BCUT2D eigenvalue weighted by Crippen LogP contribution is 2.21. The van der Waals surface area contributed by atoms with Gasteiger partial charge in [-0.1, -0.05) is 6.07 Å². The second-order valence-electron chi connectivity index (χ2n) is 7.43. The molecule has 27 heavy (non-hydrogen) atoms. The van der Waals surface area contributed by atoms with Gasteiger partial charge in [-0.05, 0) is 69.0 Å². The molecular formula is C19H30ClN3O3S. The standard InChI is InChI=1S/C19H29N3O3S.ClH/c1-15-3-5-18(13-16(15)2)26(24,25)22-11-9-21(10-12-22)19(23)6-4-17-7-8-20-14-17;/h3,5,13,17,20H,4,6-12,14H2,1-2H3;1H. The van der Waals surface area contributed by atoms with Gasteiger partial charge in [-0.15, -0.1) is 12.4 Å². The van der Waals surface area contributed by atoms with E-state index in [4.69, 9.17) is 0 Å². The van der Waals surface area contributed by atoms with Gasteiger partial charge in [-0.2, -0.15) is 4.31 Å². The molecule has 3 rings (SSSR count). The number of hydrogen-bond donors (Lipinski definition) is 1. The number of hydrogen-bond acceptors (Lipinski definition) is 4. The first-order valence-electron chi connectivity index (χ1n) is 9.44. The molecule has 0 aliphatic carbocycles. The molecule has 1 amide bonds. The van der Waals surface area contributed by atoms with Crippen molar-refractivity contribution in [1.29, 1.82) is 0 Å². The number of amides is 1. The summed E-state index contributed by atoms with van der Waals surface area (Å²) in [7, 11) is -3.49. The van der Waals surface area contributed by atoms with Crippen LogP contribution in [0, 0.1) is 19.8 Å². The Morgan fingerprint density at radius 3 is 2.44 bits per heavy atom. The molecular weight excluding hydrogens is 386 g/mol. The lowest BCUT2D eigenvalue weighted by Crippen LogP contribution is -2.50. The van der Waals surface area contributed by atoms with E-state index >= 15 is 0 Å². The summed E-state index contributed by atoms with van der Waals surface area (Å²) >= 11 is 0. The molecule has 1 aromatic carbocycles. The molecule has 2 heterocycles. The Morgan fingerprint density at radius 2 is 1.85 bits per heavy atom. The normalized spacial score (nSPS) is 21.1. The molecule has 1 aromatic rings. The van der Waals surface area contributed by atoms with Gasteiger partial charge in [0.25, 0.3) is 0 Å². The van der Waals surface area contributed by atoms with Gasteiger partial charge >= 0.3 is 0 Å². The number of benzene rings is 1. The average molecular weight is 416 g/mol. The van der Waals surface area contributed by atoms with E-state index in [1.54, 1.807) is 12.1 Å². The minimum Gasteiger partial charge on any atom is -0.340 e. The molecule has 0 radical (unpaired) electrons. The minimum absolute atomic E-state index is 0. The van der Waals surface area contributed by atoms with Crippen molar-refractivity contribution in [2.45, 2.75) is 38.0 Å². The zero-order valence-corrected chi connectivity index (χ0v) is 17.7. The zero-order chi connectivity index (χ0) is 18.7. The second-order valence-corrected chi connectivity index (χ2v) is 9.37. The SMILES string of the molecule is Cc1ccc(S(=O)(=O)N2CCN(C(=O)CCC3CCNC3)CC2)cc1C.Cl. The monoisotopic (exact) mass is 415 g/mol. The van der Waals surface area contributed by atoms with E-state index in [0.29, 0.717) is 43.4 Å². The number of sulfonamides is 1. The summed E-state index contributed by atoms with van der Waals surface area (Å²) in [6.45, 7) is 7.64. The molecule has 0 aromatic heterocycles. The maximum Gasteiger partial charge on any atom is 0.243 e. The summed E-state index contributed by atoms with van der Waals surface area (Å²) in [5, 5.41) is 3.32. The number of nitrogens with zero attached hydrogens (tertiary/aromatic N) is 2. The summed E-state index contributed by atoms with van der Waals surface area (Å²) in [6, 6.07) is 5.25. The van der Waals surface area contributed by atoms with Crippen LogP contribution in [0.1, 0.15) is 30.4 Å². The van der Waals surface area contributed by atoms with Crippen LogP contribution in [0.3, 0.4) is 0 Å². The summed E-state index contributed by atoms with van der Waals surface area (Å²) < 4.78 is 27.2. The first-order chi connectivity index (χ1) is 12.4. The van der Waals surface area contributed by atoms with Crippen molar-refractivity contribution in [3.8, 4) is 0 Å². The second kappa shape index (κ2) is 9.37. The predicted molar refractivity (Wildman–Crippen MR) is 109 cm³/mol. The molecule has 2 aliphatic rings. The summed E-state index contributed by atoms with van der Waals surface area (Å²) in [5.74, 6) is 0.755. The van der Waals surface area contributed by atoms with Gasteiger partial charge < -0.3 is 10.2 Å². The van der Waals surface area contributed by atoms with E-state index in [1.807, 2.05) is 24.8 Å². The van der Waals surface area contributed by atoms with Crippen molar-refractivity contribution in [3.63, 3.8) is 0 Å². The molecule has 2 fully saturated rings. The third-order valence-corrected chi connectivity index (χ3v) is 7.53. The summed E-state index contributed by atoms with van der Waals surface area (Å²) in [6.07, 6.45) is 2.64. The molecule has 0 spiro atoms. The van der Waals surface area contributed by atoms with Crippen LogP contribution >= 0.6 is 12.4 Å². The van der Waals surface area contributed by atoms with Crippen LogP contribution in [0.4, 0.5) is 0 Å². The van der Waals surface area contributed by atoms with Crippen LogP contribution < -0.4 is 5.32 Å². The Hall–Kier alpha value is -1.15. The van der Waals surface area contributed by atoms with Crippen LogP contribution in [0.5, 0.6) is 0 Å². The number of aryl methyl sites for hydroxylation is 2. The number of rotatable bonds is 5. The molecule has 0 saturated carbocycles. The lowest BCUT2D eigenvalue weighted by atomic mass is 10.0. The highest BCUT2D eigenvalue weighted by molar-refractivity contribution is 7.89. The number of halogens is 1. The van der Waals surface area contributed by atoms with Crippen molar-refractivity contribution >= 4 is 28.3 Å². The van der Waals surface area contributed by atoms with Crippen molar-refractivity contribution in [2.24, 2.45) is 5.92 Å².